The molecule has 2 aliphatic rings. The molecule has 4 aromatic heterocycles. The fourth-order valence-corrected chi connectivity index (χ4v) is 5.61. The Labute approximate surface area is 189 Å². The summed E-state index contributed by atoms with van der Waals surface area (Å²) >= 11 is 1.55. The van der Waals surface area contributed by atoms with Gasteiger partial charge in [-0.25, -0.2) is 9.97 Å². The number of fused-ring (bicyclic) bond motifs is 1. The lowest BCUT2D eigenvalue weighted by Gasteiger charge is -2.46. The first-order chi connectivity index (χ1) is 15.7. The van der Waals surface area contributed by atoms with Gasteiger partial charge in [0.25, 0.3) is 5.91 Å². The van der Waals surface area contributed by atoms with E-state index in [0.29, 0.717) is 6.04 Å². The number of aromatic amines is 1. The predicted molar refractivity (Wildman–Crippen MR) is 123 cm³/mol. The largest absolute Gasteiger partial charge is 0.346 e. The van der Waals surface area contributed by atoms with Gasteiger partial charge >= 0.3 is 0 Å². The zero-order chi connectivity index (χ0) is 21.7. The highest BCUT2D eigenvalue weighted by Gasteiger charge is 2.37. The number of aryl methyl sites for hydroxylation is 1. The topological polar surface area (TPSA) is 82.9 Å². The van der Waals surface area contributed by atoms with Crippen LogP contribution in [0.2, 0.25) is 0 Å². The molecule has 6 rings (SSSR count). The van der Waals surface area contributed by atoms with Gasteiger partial charge in [-0.05, 0) is 42.8 Å². The van der Waals surface area contributed by atoms with Crippen LogP contribution in [0.25, 0.3) is 22.3 Å². The number of H-pyrrole nitrogens is 1. The summed E-state index contributed by atoms with van der Waals surface area (Å²) in [5, 5.41) is 7.59. The van der Waals surface area contributed by atoms with Gasteiger partial charge in [-0.15, -0.1) is 11.3 Å². The third-order valence-corrected chi connectivity index (χ3v) is 7.63. The summed E-state index contributed by atoms with van der Waals surface area (Å²) in [5.74, 6) is 0.192. The highest BCUT2D eigenvalue weighted by molar-refractivity contribution is 7.12. The van der Waals surface area contributed by atoms with Gasteiger partial charge in [-0.2, -0.15) is 5.10 Å². The molecule has 0 spiro atoms. The summed E-state index contributed by atoms with van der Waals surface area (Å²) < 4.78 is 1.99. The van der Waals surface area contributed by atoms with E-state index in [9.17, 15) is 4.79 Å². The molecule has 1 amide bonds. The molecule has 32 heavy (non-hydrogen) atoms. The maximum Gasteiger partial charge on any atom is 0.264 e. The average Bonchev–Trinajstić information content (AvgIpc) is 3.53. The maximum atomic E-state index is 12.8. The maximum absolute atomic E-state index is 12.8. The highest BCUT2D eigenvalue weighted by Crippen LogP contribution is 2.30. The Balaban J connectivity index is 1.06. The molecule has 8 nitrogen and oxygen atoms in total. The Bertz CT molecular complexity index is 1260. The Morgan fingerprint density at radius 1 is 1.19 bits per heavy atom. The molecule has 0 aliphatic carbocycles. The van der Waals surface area contributed by atoms with E-state index in [4.69, 9.17) is 0 Å². The second kappa shape index (κ2) is 7.83. The summed E-state index contributed by atoms with van der Waals surface area (Å²) in [7, 11) is 0. The molecule has 4 aromatic rings. The summed E-state index contributed by atoms with van der Waals surface area (Å²) in [6.45, 7) is 5.53. The molecule has 0 unspecified atom stereocenters. The number of thiophene rings is 1. The Morgan fingerprint density at radius 3 is 2.81 bits per heavy atom. The van der Waals surface area contributed by atoms with Gasteiger partial charge in [0.05, 0.1) is 16.8 Å². The van der Waals surface area contributed by atoms with Gasteiger partial charge in [0.2, 0.25) is 0 Å². The standard InChI is InChI=1S/C23H24N7OS/c1-15-5-9-32-21(15)23(31)28-7-3-17(4-8-28)29-12-18(13-29)30-11-16(10-27-30)20-19-2-6-24-22(19)26-14-25-20/h2,5-6,9-11,14,17H,3-4,7-8,12-13H2,1H3,(H,24,25,26). The van der Waals surface area contributed by atoms with Crippen molar-refractivity contribution in [1.29, 1.82) is 0 Å². The predicted octanol–water partition coefficient (Wildman–Crippen LogP) is 3.19. The van der Waals surface area contributed by atoms with Crippen LogP contribution in [0.15, 0.2) is 42.4 Å². The van der Waals surface area contributed by atoms with Crippen LogP contribution in [0.1, 0.15) is 28.1 Å². The molecule has 163 valence electrons. The van der Waals surface area contributed by atoms with E-state index in [0.717, 1.165) is 71.8 Å². The van der Waals surface area contributed by atoms with Gasteiger partial charge in [-0.1, -0.05) is 0 Å². The first-order valence-corrected chi connectivity index (χ1v) is 11.8. The van der Waals surface area contributed by atoms with Crippen molar-refractivity contribution in [1.82, 2.24) is 34.5 Å². The first-order valence-electron chi connectivity index (χ1n) is 10.9. The van der Waals surface area contributed by atoms with E-state index in [1.165, 1.54) is 6.04 Å². The number of hydrogen-bond acceptors (Lipinski definition) is 6. The summed E-state index contributed by atoms with van der Waals surface area (Å²) in [4.78, 5) is 30.0. The lowest BCUT2D eigenvalue weighted by atomic mass is 9.97. The SMILES string of the molecule is Cc1ccsc1C(=O)N1CCC(N2C[C](n3cc(-c4ncnc5[nH]ccc45)cn3)C2)CC1. The number of hydrogen-bond donors (Lipinski definition) is 1. The van der Waals surface area contributed by atoms with Crippen molar-refractivity contribution < 1.29 is 4.79 Å². The quantitative estimate of drug-likeness (QED) is 0.521. The Hall–Kier alpha value is -3.04. The van der Waals surface area contributed by atoms with Crippen LogP contribution in [0.5, 0.6) is 0 Å². The fourth-order valence-electron chi connectivity index (χ4n) is 4.72. The van der Waals surface area contributed by atoms with Crippen molar-refractivity contribution in [3.8, 4) is 11.3 Å². The molecule has 0 bridgehead atoms. The summed E-state index contributed by atoms with van der Waals surface area (Å²) in [6.07, 6.45) is 9.46. The molecule has 2 fully saturated rings. The number of amides is 1. The molecular weight excluding hydrogens is 422 g/mol. The first kappa shape index (κ1) is 19.6. The van der Waals surface area contributed by atoms with E-state index < -0.39 is 0 Å². The Kier molecular flexibility index (Phi) is 4.80. The minimum atomic E-state index is 0.192. The zero-order valence-electron chi connectivity index (χ0n) is 17.9. The summed E-state index contributed by atoms with van der Waals surface area (Å²) in [5.41, 5.74) is 3.82. The second-order valence-electron chi connectivity index (χ2n) is 8.56. The van der Waals surface area contributed by atoms with Crippen molar-refractivity contribution in [2.24, 2.45) is 0 Å². The van der Waals surface area contributed by atoms with Crippen LogP contribution in [-0.2, 0) is 0 Å². The fraction of sp³-hybridized carbons (Fsp3) is 0.348. The van der Waals surface area contributed by atoms with Gasteiger partial charge in [0, 0.05) is 55.6 Å². The Morgan fingerprint density at radius 2 is 2.03 bits per heavy atom. The number of nitrogens with zero attached hydrogens (tertiary/aromatic N) is 6. The number of likely N-dealkylation sites (tertiary alicyclic amines) is 2. The van der Waals surface area contributed by atoms with E-state index in [2.05, 4.69) is 31.1 Å². The molecule has 0 aromatic carbocycles. The number of aromatic nitrogens is 5. The third kappa shape index (κ3) is 3.32. The van der Waals surface area contributed by atoms with E-state index in [1.807, 2.05) is 46.4 Å². The van der Waals surface area contributed by atoms with Gasteiger partial charge in [0.1, 0.15) is 18.0 Å². The summed E-state index contributed by atoms with van der Waals surface area (Å²) in [6, 6.07) is 5.85. The van der Waals surface area contributed by atoms with Crippen molar-refractivity contribution in [2.75, 3.05) is 26.2 Å². The molecule has 0 saturated carbocycles. The van der Waals surface area contributed by atoms with E-state index in [1.54, 1.807) is 17.7 Å². The monoisotopic (exact) mass is 446 g/mol. The molecule has 0 atom stereocenters. The molecule has 1 radical (unpaired) electrons. The van der Waals surface area contributed by atoms with Crippen LogP contribution < -0.4 is 0 Å². The lowest BCUT2D eigenvalue weighted by molar-refractivity contribution is 0.0518. The number of rotatable bonds is 4. The normalized spacial score (nSPS) is 18.3. The number of carbonyl (C=O) groups is 1. The molecule has 1 N–H and O–H groups in total. The van der Waals surface area contributed by atoms with Gasteiger partial charge in [-0.3, -0.25) is 14.4 Å². The van der Waals surface area contributed by atoms with Crippen molar-refractivity contribution >= 4 is 28.3 Å². The van der Waals surface area contributed by atoms with Crippen molar-refractivity contribution in [3.63, 3.8) is 0 Å². The van der Waals surface area contributed by atoms with Gasteiger partial charge in [0.15, 0.2) is 0 Å². The third-order valence-electron chi connectivity index (χ3n) is 6.63. The highest BCUT2D eigenvalue weighted by atomic mass is 32.1. The number of carbonyl (C=O) groups excluding carboxylic acids is 1. The lowest BCUT2D eigenvalue weighted by Crippen LogP contribution is -2.56. The number of nitrogens with one attached hydrogen (secondary N) is 1. The van der Waals surface area contributed by atoms with Crippen molar-refractivity contribution in [2.45, 2.75) is 25.8 Å². The van der Waals surface area contributed by atoms with Crippen LogP contribution in [0, 0.1) is 13.0 Å². The zero-order valence-corrected chi connectivity index (χ0v) is 18.7. The molecule has 9 heteroatoms. The smallest absolute Gasteiger partial charge is 0.264 e. The van der Waals surface area contributed by atoms with Crippen LogP contribution >= 0.6 is 11.3 Å². The van der Waals surface area contributed by atoms with E-state index >= 15 is 0 Å². The second-order valence-corrected chi connectivity index (χ2v) is 9.48. The van der Waals surface area contributed by atoms with Crippen LogP contribution in [0.4, 0.5) is 0 Å². The minimum Gasteiger partial charge on any atom is -0.346 e. The van der Waals surface area contributed by atoms with Gasteiger partial charge < -0.3 is 9.88 Å². The minimum absolute atomic E-state index is 0.192. The molecular formula is C23H24N7OS. The van der Waals surface area contributed by atoms with Crippen LogP contribution in [-0.4, -0.2) is 72.7 Å². The molecule has 6 heterocycles. The molecule has 2 aliphatic heterocycles. The van der Waals surface area contributed by atoms with E-state index in [-0.39, 0.29) is 5.91 Å². The average molecular weight is 447 g/mol. The number of piperidine rings is 1. The van der Waals surface area contributed by atoms with Crippen LogP contribution in [0.3, 0.4) is 0 Å². The van der Waals surface area contributed by atoms with Crippen molar-refractivity contribution in [3.05, 3.63) is 58.9 Å². The molecule has 2 saturated heterocycles.